The summed E-state index contributed by atoms with van der Waals surface area (Å²) >= 11 is 8.29. The van der Waals surface area contributed by atoms with E-state index in [1.54, 1.807) is 6.07 Å². The van der Waals surface area contributed by atoms with E-state index in [4.69, 9.17) is 22.7 Å². The number of nitrogens with two attached hydrogens (primary N) is 1. The Morgan fingerprint density at radius 1 is 1.29 bits per heavy atom. The van der Waals surface area contributed by atoms with Gasteiger partial charge in [0.05, 0.1) is 16.2 Å². The SMILES string of the molecule is NC(=S)c1ccnnc1Oc1ccccc1Br. The van der Waals surface area contributed by atoms with Gasteiger partial charge in [-0.25, -0.2) is 0 Å². The molecule has 4 nitrogen and oxygen atoms in total. The molecule has 0 saturated heterocycles. The highest BCUT2D eigenvalue weighted by Crippen LogP contribution is 2.29. The first-order valence-electron chi connectivity index (χ1n) is 4.72. The van der Waals surface area contributed by atoms with E-state index in [9.17, 15) is 0 Å². The first-order valence-corrected chi connectivity index (χ1v) is 5.92. The van der Waals surface area contributed by atoms with E-state index in [2.05, 4.69) is 26.1 Å². The van der Waals surface area contributed by atoms with Gasteiger partial charge in [-0.15, -0.1) is 5.10 Å². The van der Waals surface area contributed by atoms with Crippen LogP contribution in [-0.2, 0) is 0 Å². The highest BCUT2D eigenvalue weighted by Gasteiger charge is 2.10. The van der Waals surface area contributed by atoms with Crippen molar-refractivity contribution in [3.63, 3.8) is 0 Å². The van der Waals surface area contributed by atoms with Gasteiger partial charge in [0.15, 0.2) is 0 Å². The number of ether oxygens (including phenoxy) is 1. The average molecular weight is 310 g/mol. The van der Waals surface area contributed by atoms with Crippen molar-refractivity contribution in [2.24, 2.45) is 5.73 Å². The van der Waals surface area contributed by atoms with Gasteiger partial charge in [0, 0.05) is 0 Å². The lowest BCUT2D eigenvalue weighted by Crippen LogP contribution is -2.12. The first kappa shape index (κ1) is 11.9. The van der Waals surface area contributed by atoms with Gasteiger partial charge in [0.1, 0.15) is 10.7 Å². The van der Waals surface area contributed by atoms with Crippen LogP contribution in [0.2, 0.25) is 0 Å². The highest BCUT2D eigenvalue weighted by atomic mass is 79.9. The van der Waals surface area contributed by atoms with Gasteiger partial charge in [-0.3, -0.25) is 0 Å². The number of benzene rings is 1. The van der Waals surface area contributed by atoms with Crippen molar-refractivity contribution in [3.05, 3.63) is 46.6 Å². The number of rotatable bonds is 3. The maximum absolute atomic E-state index is 5.61. The number of hydrogen-bond donors (Lipinski definition) is 1. The lowest BCUT2D eigenvalue weighted by molar-refractivity contribution is 0.451. The molecule has 0 aliphatic rings. The molecule has 2 rings (SSSR count). The summed E-state index contributed by atoms with van der Waals surface area (Å²) in [5, 5.41) is 7.62. The third-order valence-electron chi connectivity index (χ3n) is 2.00. The van der Waals surface area contributed by atoms with Crippen molar-refractivity contribution in [1.29, 1.82) is 0 Å². The maximum atomic E-state index is 5.61. The molecule has 0 saturated carbocycles. The molecule has 2 aromatic rings. The molecule has 0 fully saturated rings. The highest BCUT2D eigenvalue weighted by molar-refractivity contribution is 9.10. The molecule has 0 amide bonds. The summed E-state index contributed by atoms with van der Waals surface area (Å²) < 4.78 is 6.43. The van der Waals surface area contributed by atoms with Crippen LogP contribution in [0.4, 0.5) is 0 Å². The predicted octanol–water partition coefficient (Wildman–Crippen LogP) is 2.67. The van der Waals surface area contributed by atoms with Crippen LogP contribution >= 0.6 is 28.1 Å². The van der Waals surface area contributed by atoms with E-state index < -0.39 is 0 Å². The summed E-state index contributed by atoms with van der Waals surface area (Å²) in [4.78, 5) is 0.224. The molecular weight excluding hydrogens is 302 g/mol. The summed E-state index contributed by atoms with van der Waals surface area (Å²) in [7, 11) is 0. The molecule has 2 N–H and O–H groups in total. The Balaban J connectivity index is 2.37. The van der Waals surface area contributed by atoms with Crippen LogP contribution < -0.4 is 10.5 Å². The number of nitrogens with zero attached hydrogens (tertiary/aromatic N) is 2. The Morgan fingerprint density at radius 3 is 2.76 bits per heavy atom. The van der Waals surface area contributed by atoms with Gasteiger partial charge in [0.25, 0.3) is 0 Å². The molecule has 86 valence electrons. The quantitative estimate of drug-likeness (QED) is 0.883. The third-order valence-corrected chi connectivity index (χ3v) is 2.87. The van der Waals surface area contributed by atoms with Gasteiger partial charge >= 0.3 is 0 Å². The zero-order valence-corrected chi connectivity index (χ0v) is 11.0. The number of thiocarbonyl (C=S) groups is 1. The maximum Gasteiger partial charge on any atom is 0.249 e. The number of para-hydroxylation sites is 1. The van der Waals surface area contributed by atoms with Gasteiger partial charge in [-0.05, 0) is 34.1 Å². The van der Waals surface area contributed by atoms with Gasteiger partial charge in [-0.2, -0.15) is 5.10 Å². The van der Waals surface area contributed by atoms with Crippen LogP contribution in [0.1, 0.15) is 5.56 Å². The molecule has 1 aromatic heterocycles. The van der Waals surface area contributed by atoms with E-state index in [-0.39, 0.29) is 4.99 Å². The summed E-state index contributed by atoms with van der Waals surface area (Å²) in [6, 6.07) is 9.09. The van der Waals surface area contributed by atoms with E-state index in [1.165, 1.54) is 6.20 Å². The molecule has 0 spiro atoms. The largest absolute Gasteiger partial charge is 0.436 e. The molecule has 0 bridgehead atoms. The average Bonchev–Trinajstić information content (AvgIpc) is 2.32. The van der Waals surface area contributed by atoms with Crippen LogP contribution in [0.15, 0.2) is 41.0 Å². The zero-order chi connectivity index (χ0) is 12.3. The molecule has 1 aromatic carbocycles. The fraction of sp³-hybridized carbons (Fsp3) is 0. The minimum atomic E-state index is 0.224. The fourth-order valence-corrected chi connectivity index (χ4v) is 1.73. The van der Waals surface area contributed by atoms with Crippen molar-refractivity contribution in [1.82, 2.24) is 10.2 Å². The van der Waals surface area contributed by atoms with Crippen molar-refractivity contribution < 1.29 is 4.74 Å². The van der Waals surface area contributed by atoms with Crippen LogP contribution in [0, 0.1) is 0 Å². The third kappa shape index (κ3) is 2.78. The van der Waals surface area contributed by atoms with Gasteiger partial charge in [-0.1, -0.05) is 24.4 Å². The second kappa shape index (κ2) is 5.20. The van der Waals surface area contributed by atoms with Crippen LogP contribution in [-0.4, -0.2) is 15.2 Å². The second-order valence-electron chi connectivity index (χ2n) is 3.15. The van der Waals surface area contributed by atoms with E-state index >= 15 is 0 Å². The van der Waals surface area contributed by atoms with E-state index in [0.717, 1.165) is 4.47 Å². The molecule has 0 atom stereocenters. The van der Waals surface area contributed by atoms with E-state index in [0.29, 0.717) is 17.2 Å². The van der Waals surface area contributed by atoms with Crippen LogP contribution in [0.25, 0.3) is 0 Å². The zero-order valence-electron chi connectivity index (χ0n) is 8.63. The fourth-order valence-electron chi connectivity index (χ4n) is 1.21. The molecule has 1 heterocycles. The van der Waals surface area contributed by atoms with Crippen molar-refractivity contribution in [3.8, 4) is 11.6 Å². The summed E-state index contributed by atoms with van der Waals surface area (Å²) in [5.74, 6) is 0.928. The van der Waals surface area contributed by atoms with Gasteiger partial charge < -0.3 is 10.5 Å². The minimum Gasteiger partial charge on any atom is -0.436 e. The minimum absolute atomic E-state index is 0.224. The van der Waals surface area contributed by atoms with Crippen molar-refractivity contribution in [2.75, 3.05) is 0 Å². The predicted molar refractivity (Wildman–Crippen MR) is 72.1 cm³/mol. The molecular formula is C11H8BrN3OS. The van der Waals surface area contributed by atoms with Crippen LogP contribution in [0.5, 0.6) is 11.6 Å². The Bertz CT molecular complexity index is 562. The Kier molecular flexibility index (Phi) is 3.65. The normalized spacial score (nSPS) is 9.94. The number of hydrogen-bond acceptors (Lipinski definition) is 4. The monoisotopic (exact) mass is 309 g/mol. The Hall–Kier alpha value is -1.53. The Labute approximate surface area is 112 Å². The summed E-state index contributed by atoms with van der Waals surface area (Å²) in [5.41, 5.74) is 6.14. The Morgan fingerprint density at radius 2 is 2.06 bits per heavy atom. The first-order chi connectivity index (χ1) is 8.18. The summed E-state index contributed by atoms with van der Waals surface area (Å²) in [6.07, 6.45) is 1.52. The molecule has 17 heavy (non-hydrogen) atoms. The summed E-state index contributed by atoms with van der Waals surface area (Å²) in [6.45, 7) is 0. The molecule has 0 unspecified atom stereocenters. The molecule has 0 aliphatic carbocycles. The second-order valence-corrected chi connectivity index (χ2v) is 4.44. The molecule has 0 radical (unpaired) electrons. The number of aromatic nitrogens is 2. The number of halogens is 1. The van der Waals surface area contributed by atoms with Gasteiger partial charge in [0.2, 0.25) is 5.88 Å². The van der Waals surface area contributed by atoms with Crippen LogP contribution in [0.3, 0.4) is 0 Å². The lowest BCUT2D eigenvalue weighted by atomic mass is 10.3. The smallest absolute Gasteiger partial charge is 0.249 e. The topological polar surface area (TPSA) is 61.0 Å². The standard InChI is InChI=1S/C11H8BrN3OS/c12-8-3-1-2-4-9(8)16-11-7(10(13)17)5-6-14-15-11/h1-6H,(H2,13,17). The van der Waals surface area contributed by atoms with E-state index in [1.807, 2.05) is 24.3 Å². The van der Waals surface area contributed by atoms with Crippen molar-refractivity contribution in [2.45, 2.75) is 0 Å². The van der Waals surface area contributed by atoms with Crippen molar-refractivity contribution >= 4 is 33.1 Å². The lowest BCUT2D eigenvalue weighted by Gasteiger charge is -2.08. The molecule has 0 aliphatic heterocycles. The molecule has 6 heteroatoms.